The van der Waals surface area contributed by atoms with E-state index in [0.717, 1.165) is 19.6 Å². The van der Waals surface area contributed by atoms with Gasteiger partial charge in [0.15, 0.2) is 12.6 Å². The van der Waals surface area contributed by atoms with Gasteiger partial charge in [0.25, 0.3) is 0 Å². The maximum absolute atomic E-state index is 5.89. The van der Waals surface area contributed by atoms with E-state index in [4.69, 9.17) is 18.9 Å². The van der Waals surface area contributed by atoms with Crippen molar-refractivity contribution in [2.24, 2.45) is 22.2 Å². The van der Waals surface area contributed by atoms with E-state index in [1.54, 1.807) is 0 Å². The molecule has 4 atom stereocenters. The summed E-state index contributed by atoms with van der Waals surface area (Å²) < 4.78 is 22.9. The van der Waals surface area contributed by atoms with E-state index in [-0.39, 0.29) is 34.9 Å². The molecule has 2 fully saturated rings. The van der Waals surface area contributed by atoms with Crippen molar-refractivity contribution in [2.45, 2.75) is 107 Å². The van der Waals surface area contributed by atoms with Gasteiger partial charge in [-0.05, 0) is 17.3 Å². The van der Waals surface area contributed by atoms with Crippen LogP contribution in [0, 0.1) is 22.2 Å². The third-order valence-electron chi connectivity index (χ3n) is 4.83. The van der Waals surface area contributed by atoms with Gasteiger partial charge in [0.05, 0.1) is 25.4 Å². The second kappa shape index (κ2) is 8.89. The summed E-state index contributed by atoms with van der Waals surface area (Å²) >= 11 is 0. The molecule has 0 aromatic heterocycles. The van der Waals surface area contributed by atoms with Crippen LogP contribution in [0.4, 0.5) is 0 Å². The second-order valence-electron chi connectivity index (χ2n) is 11.3. The second-order valence-corrected chi connectivity index (χ2v) is 11.3. The zero-order valence-corrected chi connectivity index (χ0v) is 19.1. The lowest BCUT2D eigenvalue weighted by molar-refractivity contribution is -0.250. The Labute approximate surface area is 162 Å². The lowest BCUT2D eigenvalue weighted by Gasteiger charge is -2.39. The van der Waals surface area contributed by atoms with Crippen molar-refractivity contribution in [3.63, 3.8) is 0 Å². The molecule has 4 nitrogen and oxygen atoms in total. The molecule has 0 aliphatic carbocycles. The van der Waals surface area contributed by atoms with Crippen LogP contribution in [0.2, 0.25) is 0 Å². The van der Waals surface area contributed by atoms with Crippen LogP contribution in [0.25, 0.3) is 0 Å². The highest BCUT2D eigenvalue weighted by Gasteiger charge is 2.40. The molecule has 2 saturated heterocycles. The minimum Gasteiger partial charge on any atom is -0.352 e. The van der Waals surface area contributed by atoms with Gasteiger partial charge in [0.1, 0.15) is 0 Å². The molecular weight excluding hydrogens is 328 g/mol. The Kier molecular flexibility index (Phi) is 8.17. The molecule has 0 aromatic rings. The Morgan fingerprint density at radius 2 is 1.23 bits per heavy atom. The summed E-state index contributed by atoms with van der Waals surface area (Å²) in [5, 5.41) is 0. The van der Waals surface area contributed by atoms with Crippen LogP contribution in [0.15, 0.2) is 0 Å². The molecule has 156 valence electrons. The first-order chi connectivity index (χ1) is 11.6. The minimum absolute atomic E-state index is 0.00187. The fraction of sp³-hybridized carbons (Fsp3) is 1.00. The molecule has 0 amide bonds. The highest BCUT2D eigenvalue weighted by atomic mass is 16.7. The molecule has 2 aliphatic rings. The van der Waals surface area contributed by atoms with Crippen molar-refractivity contribution >= 4 is 0 Å². The van der Waals surface area contributed by atoms with Crippen molar-refractivity contribution in [1.82, 2.24) is 0 Å². The van der Waals surface area contributed by atoms with Gasteiger partial charge in [0, 0.05) is 11.3 Å². The average Bonchev–Trinajstić information content (AvgIpc) is 2.97. The smallest absolute Gasteiger partial charge is 0.162 e. The largest absolute Gasteiger partial charge is 0.352 e. The molecule has 0 radical (unpaired) electrons. The summed E-state index contributed by atoms with van der Waals surface area (Å²) in [6.45, 7) is 25.5. The highest BCUT2D eigenvalue weighted by Crippen LogP contribution is 2.35. The van der Waals surface area contributed by atoms with Gasteiger partial charge in [0.2, 0.25) is 0 Å². The standard InChI is InChI=1S/2C11H22O2/c1-10(2,3)8-7-12-9(13-8)11(4,5)6;1-8(2)10-12-7-6-9(13-10)11(3,4)5/h8-9H,7H2,1-6H3;8-10H,6-7H2,1-5H3. The zero-order chi connectivity index (χ0) is 20.3. The first-order valence-corrected chi connectivity index (χ1v) is 10.2. The monoisotopic (exact) mass is 372 g/mol. The van der Waals surface area contributed by atoms with Crippen molar-refractivity contribution < 1.29 is 18.9 Å². The van der Waals surface area contributed by atoms with E-state index in [0.29, 0.717) is 12.0 Å². The normalized spacial score (nSPS) is 30.9. The van der Waals surface area contributed by atoms with Gasteiger partial charge in [-0.25, -0.2) is 0 Å². The van der Waals surface area contributed by atoms with E-state index in [1.165, 1.54) is 0 Å². The molecule has 4 heteroatoms. The van der Waals surface area contributed by atoms with Crippen LogP contribution in [-0.4, -0.2) is 38.0 Å². The van der Waals surface area contributed by atoms with Crippen LogP contribution in [0.5, 0.6) is 0 Å². The number of hydrogen-bond donors (Lipinski definition) is 0. The van der Waals surface area contributed by atoms with E-state index in [2.05, 4.69) is 76.2 Å². The third-order valence-corrected chi connectivity index (χ3v) is 4.83. The van der Waals surface area contributed by atoms with Crippen LogP contribution < -0.4 is 0 Å². The topological polar surface area (TPSA) is 36.9 Å². The summed E-state index contributed by atoms with van der Waals surface area (Å²) in [7, 11) is 0. The SMILES string of the molecule is CC(C)(C)C1COC(C(C)(C)C)O1.CC(C)C1OCCC(C(C)(C)C)O1. The van der Waals surface area contributed by atoms with Crippen molar-refractivity contribution in [3.05, 3.63) is 0 Å². The molecule has 0 aromatic carbocycles. The Morgan fingerprint density at radius 3 is 1.58 bits per heavy atom. The summed E-state index contributed by atoms with van der Waals surface area (Å²) in [4.78, 5) is 0. The van der Waals surface area contributed by atoms with Gasteiger partial charge >= 0.3 is 0 Å². The first-order valence-electron chi connectivity index (χ1n) is 10.2. The zero-order valence-electron chi connectivity index (χ0n) is 19.1. The van der Waals surface area contributed by atoms with Crippen molar-refractivity contribution in [3.8, 4) is 0 Å². The first kappa shape index (κ1) is 23.9. The summed E-state index contributed by atoms with van der Waals surface area (Å²) in [5.41, 5.74) is 0.497. The molecule has 2 heterocycles. The molecule has 0 bridgehead atoms. The summed E-state index contributed by atoms with van der Waals surface area (Å²) in [5.74, 6) is 0.449. The summed E-state index contributed by atoms with van der Waals surface area (Å²) in [6, 6.07) is 0. The molecule has 4 unspecified atom stereocenters. The van der Waals surface area contributed by atoms with Gasteiger partial charge < -0.3 is 18.9 Å². The Balaban J connectivity index is 0.000000260. The van der Waals surface area contributed by atoms with Crippen LogP contribution >= 0.6 is 0 Å². The number of ether oxygens (including phenoxy) is 4. The maximum atomic E-state index is 5.89. The molecule has 0 saturated carbocycles. The quantitative estimate of drug-likeness (QED) is 0.597. The van der Waals surface area contributed by atoms with E-state index < -0.39 is 0 Å². The lowest BCUT2D eigenvalue weighted by atomic mass is 9.86. The van der Waals surface area contributed by atoms with Gasteiger partial charge in [-0.1, -0.05) is 76.2 Å². The van der Waals surface area contributed by atoms with Gasteiger partial charge in [-0.3, -0.25) is 0 Å². The Bertz CT molecular complexity index is 391. The van der Waals surface area contributed by atoms with Crippen molar-refractivity contribution in [1.29, 1.82) is 0 Å². The van der Waals surface area contributed by atoms with Crippen LogP contribution in [0.3, 0.4) is 0 Å². The van der Waals surface area contributed by atoms with Crippen molar-refractivity contribution in [2.75, 3.05) is 13.2 Å². The summed E-state index contributed by atoms with van der Waals surface area (Å²) in [6.07, 6.45) is 1.55. The Hall–Kier alpha value is -0.160. The van der Waals surface area contributed by atoms with Crippen LogP contribution in [0.1, 0.15) is 82.6 Å². The molecule has 0 N–H and O–H groups in total. The minimum atomic E-state index is -0.0447. The maximum Gasteiger partial charge on any atom is 0.162 e. The molecule has 26 heavy (non-hydrogen) atoms. The lowest BCUT2D eigenvalue weighted by Crippen LogP contribution is -2.41. The predicted octanol–water partition coefficient (Wildman–Crippen LogP) is 5.64. The van der Waals surface area contributed by atoms with E-state index in [1.807, 2.05) is 0 Å². The average molecular weight is 373 g/mol. The third kappa shape index (κ3) is 7.46. The highest BCUT2D eigenvalue weighted by molar-refractivity contribution is 4.82. The predicted molar refractivity (Wildman–Crippen MR) is 107 cm³/mol. The van der Waals surface area contributed by atoms with E-state index >= 15 is 0 Å². The number of hydrogen-bond acceptors (Lipinski definition) is 4. The van der Waals surface area contributed by atoms with E-state index in [9.17, 15) is 0 Å². The fourth-order valence-corrected chi connectivity index (χ4v) is 2.86. The molecular formula is C22H44O4. The number of rotatable bonds is 1. The van der Waals surface area contributed by atoms with Gasteiger partial charge in [-0.15, -0.1) is 0 Å². The molecule has 2 rings (SSSR count). The molecule has 0 spiro atoms. The molecule has 2 aliphatic heterocycles. The van der Waals surface area contributed by atoms with Gasteiger partial charge in [-0.2, -0.15) is 0 Å². The van der Waals surface area contributed by atoms with Crippen LogP contribution in [-0.2, 0) is 18.9 Å². The fourth-order valence-electron chi connectivity index (χ4n) is 2.86. The Morgan fingerprint density at radius 1 is 0.692 bits per heavy atom.